The molecule has 44 heavy (non-hydrogen) atoms. The van der Waals surface area contributed by atoms with Crippen LogP contribution < -0.4 is 9.47 Å². The smallest absolute Gasteiger partial charge is 0.330 e. The molecule has 1 aliphatic rings. The summed E-state index contributed by atoms with van der Waals surface area (Å²) in [5.41, 5.74) is 2.25. The molecule has 0 aliphatic heterocycles. The van der Waals surface area contributed by atoms with Crippen LogP contribution in [0.15, 0.2) is 73.8 Å². The lowest BCUT2D eigenvalue weighted by atomic mass is 9.67. The average Bonchev–Trinajstić information content (AvgIpc) is 3.05. The van der Waals surface area contributed by atoms with Crippen molar-refractivity contribution in [2.45, 2.75) is 88.3 Å². The van der Waals surface area contributed by atoms with Crippen LogP contribution in [-0.4, -0.2) is 60.8 Å². The van der Waals surface area contributed by atoms with Gasteiger partial charge in [0.2, 0.25) is 0 Å². The monoisotopic (exact) mass is 608 g/mol. The first-order chi connectivity index (χ1) is 21.4. The van der Waals surface area contributed by atoms with Crippen LogP contribution in [0, 0.1) is 0 Å². The first-order valence-corrected chi connectivity index (χ1v) is 15.8. The quantitative estimate of drug-likeness (QED) is 0.192. The Bertz CT molecular complexity index is 1070. The summed E-state index contributed by atoms with van der Waals surface area (Å²) in [6.45, 7) is 6.38. The van der Waals surface area contributed by atoms with Crippen LogP contribution in [0.25, 0.3) is 0 Å². The standard InChI is InChI=1S/C36H48O8/c1-3-34(39)43-26-30(37)24-41-32-18-14-28(15-19-32)36(22-12-10-8-6-5-7-9-11-13-23-36)29-16-20-33(21-17-29)42-25-31(38)27-44-35(40)4-2/h3-4,14-21,30-31,37-38H,1-2,5-13,22-27H2. The number of benzene rings is 2. The molecule has 2 atom stereocenters. The highest BCUT2D eigenvalue weighted by atomic mass is 16.6. The Morgan fingerprint density at radius 3 is 1.30 bits per heavy atom. The molecule has 8 nitrogen and oxygen atoms in total. The molecule has 3 rings (SSSR count). The zero-order valence-electron chi connectivity index (χ0n) is 25.8. The third-order valence-corrected chi connectivity index (χ3v) is 8.07. The molecule has 0 bridgehead atoms. The Morgan fingerprint density at radius 1 is 0.614 bits per heavy atom. The van der Waals surface area contributed by atoms with Gasteiger partial charge >= 0.3 is 11.9 Å². The maximum atomic E-state index is 11.3. The van der Waals surface area contributed by atoms with E-state index in [0.717, 1.165) is 37.8 Å². The summed E-state index contributed by atoms with van der Waals surface area (Å²) in [6, 6.07) is 16.2. The first kappa shape index (κ1) is 34.9. The van der Waals surface area contributed by atoms with E-state index in [9.17, 15) is 19.8 Å². The van der Waals surface area contributed by atoms with Crippen LogP contribution in [0.5, 0.6) is 11.5 Å². The minimum Gasteiger partial charge on any atom is -0.491 e. The van der Waals surface area contributed by atoms with Crippen molar-refractivity contribution in [3.05, 3.63) is 85.0 Å². The van der Waals surface area contributed by atoms with Gasteiger partial charge in [0.15, 0.2) is 0 Å². The number of ether oxygens (including phenoxy) is 4. The molecule has 0 saturated heterocycles. The third-order valence-electron chi connectivity index (χ3n) is 8.07. The Hall–Kier alpha value is -3.62. The maximum absolute atomic E-state index is 11.3. The van der Waals surface area contributed by atoms with Gasteiger partial charge in [0.1, 0.15) is 50.1 Å². The number of hydrogen-bond donors (Lipinski definition) is 2. The molecule has 0 radical (unpaired) electrons. The van der Waals surface area contributed by atoms with Crippen LogP contribution in [0.1, 0.15) is 81.8 Å². The fourth-order valence-corrected chi connectivity index (χ4v) is 5.66. The van der Waals surface area contributed by atoms with Gasteiger partial charge < -0.3 is 29.2 Å². The highest BCUT2D eigenvalue weighted by Gasteiger charge is 2.33. The summed E-state index contributed by atoms with van der Waals surface area (Å²) < 4.78 is 21.4. The molecule has 2 aromatic carbocycles. The summed E-state index contributed by atoms with van der Waals surface area (Å²) in [6.07, 6.45) is 13.3. The van der Waals surface area contributed by atoms with Crippen LogP contribution in [-0.2, 0) is 24.5 Å². The molecular weight excluding hydrogens is 560 g/mol. The normalized spacial score (nSPS) is 17.0. The van der Waals surface area contributed by atoms with E-state index in [1.54, 1.807) is 0 Å². The van der Waals surface area contributed by atoms with Crippen LogP contribution >= 0.6 is 0 Å². The molecule has 0 heterocycles. The van der Waals surface area contributed by atoms with Crippen molar-refractivity contribution in [1.82, 2.24) is 0 Å². The van der Waals surface area contributed by atoms with E-state index in [1.165, 1.54) is 56.1 Å². The third kappa shape index (κ3) is 11.5. The molecule has 1 aliphatic carbocycles. The van der Waals surface area contributed by atoms with Crippen molar-refractivity contribution in [3.63, 3.8) is 0 Å². The van der Waals surface area contributed by atoms with Gasteiger partial charge in [-0.3, -0.25) is 0 Å². The predicted molar refractivity (Wildman–Crippen MR) is 170 cm³/mol. The lowest BCUT2D eigenvalue weighted by molar-refractivity contribution is -0.142. The minimum atomic E-state index is -0.944. The molecule has 0 aromatic heterocycles. The van der Waals surface area contributed by atoms with Crippen molar-refractivity contribution >= 4 is 11.9 Å². The van der Waals surface area contributed by atoms with Crippen LogP contribution in [0.4, 0.5) is 0 Å². The highest BCUT2D eigenvalue weighted by molar-refractivity contribution is 5.81. The largest absolute Gasteiger partial charge is 0.491 e. The summed E-state index contributed by atoms with van der Waals surface area (Å²) in [4.78, 5) is 22.5. The molecule has 2 unspecified atom stereocenters. The number of aliphatic hydroxyl groups excluding tert-OH is 2. The van der Waals surface area contributed by atoms with Gasteiger partial charge in [-0.2, -0.15) is 0 Å². The molecule has 1 saturated carbocycles. The number of rotatable bonds is 14. The fraction of sp³-hybridized carbons (Fsp3) is 0.500. The Balaban J connectivity index is 1.77. The molecule has 2 aromatic rings. The van der Waals surface area contributed by atoms with Crippen molar-refractivity contribution in [2.24, 2.45) is 0 Å². The predicted octanol–water partition coefficient (Wildman–Crippen LogP) is 6.22. The van der Waals surface area contributed by atoms with Gasteiger partial charge in [0.05, 0.1) is 0 Å². The van der Waals surface area contributed by atoms with Crippen molar-refractivity contribution < 1.29 is 38.7 Å². The molecular formula is C36H48O8. The van der Waals surface area contributed by atoms with E-state index in [-0.39, 0.29) is 31.8 Å². The van der Waals surface area contributed by atoms with E-state index < -0.39 is 24.1 Å². The molecule has 0 spiro atoms. The van der Waals surface area contributed by atoms with E-state index in [4.69, 9.17) is 18.9 Å². The van der Waals surface area contributed by atoms with Crippen molar-refractivity contribution in [1.29, 1.82) is 0 Å². The molecule has 2 N–H and O–H groups in total. The number of esters is 2. The summed E-state index contributed by atoms with van der Waals surface area (Å²) in [7, 11) is 0. The van der Waals surface area contributed by atoms with Crippen LogP contribution in [0.2, 0.25) is 0 Å². The fourth-order valence-electron chi connectivity index (χ4n) is 5.66. The molecule has 0 amide bonds. The number of aliphatic hydroxyl groups is 2. The zero-order chi connectivity index (χ0) is 31.6. The minimum absolute atomic E-state index is 0.00175. The van der Waals surface area contributed by atoms with E-state index in [0.29, 0.717) is 11.5 Å². The molecule has 1 fully saturated rings. The summed E-state index contributed by atoms with van der Waals surface area (Å²) in [5, 5.41) is 20.2. The average molecular weight is 609 g/mol. The second-order valence-electron chi connectivity index (χ2n) is 11.4. The van der Waals surface area contributed by atoms with Gasteiger partial charge in [-0.1, -0.05) is 95.2 Å². The Labute approximate surface area is 261 Å². The Morgan fingerprint density at radius 2 is 0.955 bits per heavy atom. The van der Waals surface area contributed by atoms with Crippen LogP contribution in [0.3, 0.4) is 0 Å². The van der Waals surface area contributed by atoms with E-state index in [2.05, 4.69) is 37.4 Å². The number of carbonyl (C=O) groups is 2. The lowest BCUT2D eigenvalue weighted by Gasteiger charge is -2.36. The number of hydrogen-bond acceptors (Lipinski definition) is 8. The number of carbonyl (C=O) groups excluding carboxylic acids is 2. The van der Waals surface area contributed by atoms with Gasteiger partial charge in [-0.15, -0.1) is 0 Å². The maximum Gasteiger partial charge on any atom is 0.330 e. The van der Waals surface area contributed by atoms with Crippen molar-refractivity contribution in [3.8, 4) is 11.5 Å². The van der Waals surface area contributed by atoms with Gasteiger partial charge in [-0.05, 0) is 48.2 Å². The zero-order valence-corrected chi connectivity index (χ0v) is 25.8. The van der Waals surface area contributed by atoms with E-state index in [1.807, 2.05) is 24.3 Å². The SMILES string of the molecule is C=CC(=O)OCC(O)COc1ccc(C2(c3ccc(OCC(O)COC(=O)C=C)cc3)CCCCCCCCCCC2)cc1. The second kappa shape index (κ2) is 18.9. The van der Waals surface area contributed by atoms with Crippen molar-refractivity contribution in [2.75, 3.05) is 26.4 Å². The lowest BCUT2D eigenvalue weighted by Crippen LogP contribution is -2.28. The Kier molecular flexibility index (Phi) is 15.0. The van der Waals surface area contributed by atoms with Gasteiger partial charge in [0, 0.05) is 17.6 Å². The summed E-state index contributed by atoms with van der Waals surface area (Å²) >= 11 is 0. The summed E-state index contributed by atoms with van der Waals surface area (Å²) in [5.74, 6) is 0.0957. The van der Waals surface area contributed by atoms with E-state index >= 15 is 0 Å². The second-order valence-corrected chi connectivity index (χ2v) is 11.4. The molecule has 8 heteroatoms. The molecule has 240 valence electrons. The van der Waals surface area contributed by atoms with Gasteiger partial charge in [-0.25, -0.2) is 9.59 Å². The first-order valence-electron chi connectivity index (χ1n) is 15.8. The topological polar surface area (TPSA) is 112 Å². The highest BCUT2D eigenvalue weighted by Crippen LogP contribution is 2.43. The van der Waals surface area contributed by atoms with Gasteiger partial charge in [0.25, 0.3) is 0 Å².